The summed E-state index contributed by atoms with van der Waals surface area (Å²) >= 11 is 0. The van der Waals surface area contributed by atoms with Crippen molar-refractivity contribution in [2.24, 2.45) is 5.73 Å². The molecule has 2 N–H and O–H groups in total. The molecule has 0 bridgehead atoms. The minimum Gasteiger partial charge on any atom is -0.378 e. The van der Waals surface area contributed by atoms with Crippen molar-refractivity contribution in [3.8, 4) is 0 Å². The van der Waals surface area contributed by atoms with Crippen molar-refractivity contribution in [2.75, 3.05) is 19.0 Å². The molecule has 0 radical (unpaired) electrons. The molecule has 0 aliphatic heterocycles. The van der Waals surface area contributed by atoms with E-state index in [0.717, 1.165) is 11.3 Å². The fraction of sp³-hybridized carbons (Fsp3) is 0.250. The molecule has 0 heterocycles. The van der Waals surface area contributed by atoms with Crippen LogP contribution >= 0.6 is 0 Å². The lowest BCUT2D eigenvalue weighted by Gasteiger charge is -2.17. The molecule has 2 aromatic rings. The van der Waals surface area contributed by atoms with Crippen LogP contribution in [-0.4, -0.2) is 14.1 Å². The lowest BCUT2D eigenvalue weighted by molar-refractivity contribution is 0.540. The van der Waals surface area contributed by atoms with Gasteiger partial charge in [0.05, 0.1) is 0 Å². The topological polar surface area (TPSA) is 29.3 Å². The quantitative estimate of drug-likeness (QED) is 0.928. The first-order valence-corrected chi connectivity index (χ1v) is 6.45. The SMILES string of the molecule is CN(C)c1cccc(C(N)Cc2c(F)cccc2F)c1. The van der Waals surface area contributed by atoms with Crippen LogP contribution in [0.2, 0.25) is 0 Å². The van der Waals surface area contributed by atoms with Crippen molar-refractivity contribution in [1.29, 1.82) is 0 Å². The molecule has 20 heavy (non-hydrogen) atoms. The Kier molecular flexibility index (Phi) is 4.35. The maximum absolute atomic E-state index is 13.6. The lowest BCUT2D eigenvalue weighted by Crippen LogP contribution is -2.16. The molecule has 2 rings (SSSR count). The molecule has 2 aromatic carbocycles. The number of benzene rings is 2. The van der Waals surface area contributed by atoms with Crippen molar-refractivity contribution in [3.63, 3.8) is 0 Å². The number of nitrogens with zero attached hydrogens (tertiary/aromatic N) is 1. The van der Waals surface area contributed by atoms with Gasteiger partial charge in [0.1, 0.15) is 11.6 Å². The molecule has 0 saturated heterocycles. The van der Waals surface area contributed by atoms with Crippen LogP contribution in [0.4, 0.5) is 14.5 Å². The van der Waals surface area contributed by atoms with Gasteiger partial charge in [-0.1, -0.05) is 18.2 Å². The summed E-state index contributed by atoms with van der Waals surface area (Å²) in [7, 11) is 3.86. The Balaban J connectivity index is 2.24. The molecule has 0 aromatic heterocycles. The molecule has 106 valence electrons. The van der Waals surface area contributed by atoms with Crippen LogP contribution in [0, 0.1) is 11.6 Å². The first kappa shape index (κ1) is 14.5. The number of hydrogen-bond acceptors (Lipinski definition) is 2. The molecule has 0 aliphatic rings. The van der Waals surface area contributed by atoms with Crippen LogP contribution in [0.3, 0.4) is 0 Å². The van der Waals surface area contributed by atoms with E-state index >= 15 is 0 Å². The Labute approximate surface area is 117 Å². The van der Waals surface area contributed by atoms with Gasteiger partial charge in [-0.3, -0.25) is 0 Å². The third kappa shape index (κ3) is 3.14. The highest BCUT2D eigenvalue weighted by Gasteiger charge is 2.14. The number of nitrogens with two attached hydrogens (primary N) is 1. The highest BCUT2D eigenvalue weighted by molar-refractivity contribution is 5.48. The van der Waals surface area contributed by atoms with Crippen molar-refractivity contribution in [2.45, 2.75) is 12.5 Å². The zero-order valence-electron chi connectivity index (χ0n) is 11.6. The van der Waals surface area contributed by atoms with Crippen LogP contribution in [0.1, 0.15) is 17.2 Å². The summed E-state index contributed by atoms with van der Waals surface area (Å²) in [5, 5.41) is 0. The van der Waals surface area contributed by atoms with Crippen molar-refractivity contribution >= 4 is 5.69 Å². The Bertz CT molecular complexity index is 577. The standard InChI is InChI=1S/C16H18F2N2/c1-20(2)12-6-3-5-11(9-12)16(19)10-13-14(17)7-4-8-15(13)18/h3-9,16H,10,19H2,1-2H3. The van der Waals surface area contributed by atoms with E-state index in [4.69, 9.17) is 5.73 Å². The summed E-state index contributed by atoms with van der Waals surface area (Å²) in [6.07, 6.45) is 0.134. The average Bonchev–Trinajstić information content (AvgIpc) is 2.43. The second-order valence-corrected chi connectivity index (χ2v) is 5.00. The van der Waals surface area contributed by atoms with Gasteiger partial charge in [-0.25, -0.2) is 8.78 Å². The average molecular weight is 276 g/mol. The number of hydrogen-bond donors (Lipinski definition) is 1. The van der Waals surface area contributed by atoms with E-state index in [1.54, 1.807) is 0 Å². The smallest absolute Gasteiger partial charge is 0.129 e. The van der Waals surface area contributed by atoms with Crippen molar-refractivity contribution in [1.82, 2.24) is 0 Å². The molecule has 0 saturated carbocycles. The maximum atomic E-state index is 13.6. The first-order valence-electron chi connectivity index (χ1n) is 6.45. The molecule has 2 nitrogen and oxygen atoms in total. The molecular formula is C16H18F2N2. The Morgan fingerprint density at radius 2 is 1.65 bits per heavy atom. The largest absolute Gasteiger partial charge is 0.378 e. The zero-order valence-corrected chi connectivity index (χ0v) is 11.6. The van der Waals surface area contributed by atoms with Gasteiger partial charge in [-0.05, 0) is 36.2 Å². The number of halogens is 2. The number of rotatable bonds is 4. The first-order chi connectivity index (χ1) is 9.49. The Hall–Kier alpha value is -1.94. The minimum atomic E-state index is -0.552. The second-order valence-electron chi connectivity index (χ2n) is 5.00. The summed E-state index contributed by atoms with van der Waals surface area (Å²) in [5.41, 5.74) is 7.99. The van der Waals surface area contributed by atoms with Crippen LogP contribution < -0.4 is 10.6 Å². The molecule has 0 amide bonds. The van der Waals surface area contributed by atoms with Crippen LogP contribution in [0.5, 0.6) is 0 Å². The molecule has 4 heteroatoms. The third-order valence-electron chi connectivity index (χ3n) is 3.30. The summed E-state index contributed by atoms with van der Waals surface area (Å²) in [4.78, 5) is 1.96. The third-order valence-corrected chi connectivity index (χ3v) is 3.30. The number of anilines is 1. The van der Waals surface area contributed by atoms with Gasteiger partial charge in [-0.15, -0.1) is 0 Å². The van der Waals surface area contributed by atoms with Crippen LogP contribution in [0.15, 0.2) is 42.5 Å². The molecule has 1 atom stereocenters. The van der Waals surface area contributed by atoms with E-state index in [2.05, 4.69) is 0 Å². The van der Waals surface area contributed by atoms with Gasteiger partial charge in [-0.2, -0.15) is 0 Å². The van der Waals surface area contributed by atoms with Gasteiger partial charge >= 0.3 is 0 Å². The van der Waals surface area contributed by atoms with Crippen LogP contribution in [0.25, 0.3) is 0 Å². The molecule has 0 spiro atoms. The van der Waals surface area contributed by atoms with E-state index in [1.807, 2.05) is 43.3 Å². The maximum Gasteiger partial charge on any atom is 0.129 e. The normalized spacial score (nSPS) is 12.2. The predicted molar refractivity (Wildman–Crippen MR) is 77.8 cm³/mol. The summed E-state index contributed by atoms with van der Waals surface area (Å²) in [6.45, 7) is 0. The molecule has 0 aliphatic carbocycles. The van der Waals surface area contributed by atoms with Gasteiger partial charge in [0.2, 0.25) is 0 Å². The molecule has 1 unspecified atom stereocenters. The van der Waals surface area contributed by atoms with Crippen molar-refractivity contribution < 1.29 is 8.78 Å². The predicted octanol–water partition coefficient (Wildman–Crippen LogP) is 3.27. The van der Waals surface area contributed by atoms with Crippen molar-refractivity contribution in [3.05, 3.63) is 65.2 Å². The van der Waals surface area contributed by atoms with Crippen LogP contribution in [-0.2, 0) is 6.42 Å². The highest BCUT2D eigenvalue weighted by Crippen LogP contribution is 2.23. The van der Waals surface area contributed by atoms with Gasteiger partial charge < -0.3 is 10.6 Å². The molecular weight excluding hydrogens is 258 g/mol. The van der Waals surface area contributed by atoms with Gasteiger partial charge in [0.25, 0.3) is 0 Å². The van der Waals surface area contributed by atoms with E-state index < -0.39 is 17.7 Å². The monoisotopic (exact) mass is 276 g/mol. The Morgan fingerprint density at radius 3 is 2.25 bits per heavy atom. The Morgan fingerprint density at radius 1 is 1.05 bits per heavy atom. The fourth-order valence-corrected chi connectivity index (χ4v) is 2.10. The fourth-order valence-electron chi connectivity index (χ4n) is 2.10. The summed E-state index contributed by atoms with van der Waals surface area (Å²) < 4.78 is 27.3. The van der Waals surface area contributed by atoms with Gasteiger partial charge in [0.15, 0.2) is 0 Å². The molecule has 0 fully saturated rings. The zero-order chi connectivity index (χ0) is 14.7. The van der Waals surface area contributed by atoms with E-state index in [-0.39, 0.29) is 12.0 Å². The minimum absolute atomic E-state index is 0.0373. The van der Waals surface area contributed by atoms with E-state index in [1.165, 1.54) is 18.2 Å². The summed E-state index contributed by atoms with van der Waals surface area (Å²) in [5.74, 6) is -1.10. The van der Waals surface area contributed by atoms with Gasteiger partial charge in [0, 0.05) is 31.4 Å². The lowest BCUT2D eigenvalue weighted by atomic mass is 9.98. The van der Waals surface area contributed by atoms with E-state index in [9.17, 15) is 8.78 Å². The summed E-state index contributed by atoms with van der Waals surface area (Å²) in [6, 6.07) is 11.1. The second kappa shape index (κ2) is 6.01. The highest BCUT2D eigenvalue weighted by atomic mass is 19.1. The van der Waals surface area contributed by atoms with E-state index in [0.29, 0.717) is 0 Å².